The maximum absolute atomic E-state index is 12.0. The van der Waals surface area contributed by atoms with Gasteiger partial charge in [0.15, 0.2) is 0 Å². The molecule has 0 spiro atoms. The molecule has 4 rings (SSSR count). The molecule has 28 heavy (non-hydrogen) atoms. The number of phenolic OH excluding ortho intramolecular Hbond substituents is 1. The van der Waals surface area contributed by atoms with E-state index in [-0.39, 0.29) is 11.4 Å². The summed E-state index contributed by atoms with van der Waals surface area (Å²) < 4.78 is 26.7. The highest BCUT2D eigenvalue weighted by Crippen LogP contribution is 2.33. The van der Waals surface area contributed by atoms with Crippen molar-refractivity contribution in [3.63, 3.8) is 0 Å². The van der Waals surface area contributed by atoms with Gasteiger partial charge in [0.05, 0.1) is 6.20 Å². The zero-order valence-corrected chi connectivity index (χ0v) is 15.6. The molecule has 0 aromatic heterocycles. The molecule has 1 heterocycles. The molecule has 142 valence electrons. The van der Waals surface area contributed by atoms with Gasteiger partial charge < -0.3 is 10.2 Å². The van der Waals surface area contributed by atoms with Crippen LogP contribution in [0.15, 0.2) is 84.9 Å². The first-order valence-corrected chi connectivity index (χ1v) is 10.1. The van der Waals surface area contributed by atoms with Gasteiger partial charge in [-0.25, -0.2) is 9.03 Å². The number of nitrogens with zero attached hydrogens (tertiary/aromatic N) is 1. The van der Waals surface area contributed by atoms with Gasteiger partial charge in [0, 0.05) is 0 Å². The van der Waals surface area contributed by atoms with Crippen molar-refractivity contribution in [3.8, 4) is 16.9 Å². The third-order valence-corrected chi connectivity index (χ3v) is 5.74. The Kier molecular flexibility index (Phi) is 4.44. The predicted octanol–water partition coefficient (Wildman–Crippen LogP) is 3.66. The maximum Gasteiger partial charge on any atom is 0.330 e. The van der Waals surface area contributed by atoms with E-state index in [1.165, 1.54) is 12.1 Å². The fraction of sp³-hybridized carbons (Fsp3) is 0.0476. The second kappa shape index (κ2) is 6.94. The molecule has 0 unspecified atom stereocenters. The summed E-state index contributed by atoms with van der Waals surface area (Å²) in [5.41, 5.74) is 4.21. The molecule has 3 N–H and O–H groups in total. The molecule has 3 aromatic rings. The highest BCUT2D eigenvalue weighted by molar-refractivity contribution is 7.91. The van der Waals surface area contributed by atoms with Crippen molar-refractivity contribution >= 4 is 15.9 Å². The molecule has 1 aliphatic heterocycles. The van der Waals surface area contributed by atoms with Crippen molar-refractivity contribution in [2.75, 3.05) is 4.31 Å². The average Bonchev–Trinajstić information content (AvgIpc) is 2.95. The second-order valence-electron chi connectivity index (χ2n) is 6.48. The number of aliphatic hydroxyl groups is 1. The van der Waals surface area contributed by atoms with Gasteiger partial charge in [-0.2, -0.15) is 8.42 Å². The minimum atomic E-state index is -3.94. The van der Waals surface area contributed by atoms with Gasteiger partial charge in [-0.1, -0.05) is 60.7 Å². The second-order valence-corrected chi connectivity index (χ2v) is 8.03. The lowest BCUT2D eigenvalue weighted by molar-refractivity contribution is 0.392. The van der Waals surface area contributed by atoms with E-state index in [2.05, 4.69) is 6.07 Å². The topological polar surface area (TPSA) is 89.9 Å². The molecule has 0 bridgehead atoms. The highest BCUT2D eigenvalue weighted by Gasteiger charge is 2.30. The average molecular weight is 394 g/mol. The van der Waals surface area contributed by atoms with Crippen LogP contribution in [0.5, 0.6) is 5.75 Å². The largest absolute Gasteiger partial charge is 0.506 e. The number of benzene rings is 3. The van der Waals surface area contributed by atoms with Gasteiger partial charge in [0.1, 0.15) is 11.4 Å². The molecule has 0 aliphatic carbocycles. The lowest BCUT2D eigenvalue weighted by Gasteiger charge is -2.16. The fourth-order valence-electron chi connectivity index (χ4n) is 3.18. The SMILES string of the molecule is O=S1(=O)NC(O)=CN1c1ccc(Cc2cccc(-c3ccccc3)c2)cc1O. The van der Waals surface area contributed by atoms with E-state index in [0.717, 1.165) is 32.8 Å². The third-order valence-electron chi connectivity index (χ3n) is 4.45. The van der Waals surface area contributed by atoms with Crippen LogP contribution < -0.4 is 9.03 Å². The zero-order valence-electron chi connectivity index (χ0n) is 14.8. The van der Waals surface area contributed by atoms with Crippen LogP contribution in [0.4, 0.5) is 5.69 Å². The normalized spacial score (nSPS) is 15.1. The summed E-state index contributed by atoms with van der Waals surface area (Å²) >= 11 is 0. The van der Waals surface area contributed by atoms with E-state index >= 15 is 0 Å². The van der Waals surface area contributed by atoms with Crippen molar-refractivity contribution in [3.05, 3.63) is 96.0 Å². The molecule has 0 saturated carbocycles. The van der Waals surface area contributed by atoms with Gasteiger partial charge in [-0.3, -0.25) is 0 Å². The van der Waals surface area contributed by atoms with Crippen LogP contribution in [0.1, 0.15) is 11.1 Å². The van der Waals surface area contributed by atoms with Crippen molar-refractivity contribution < 1.29 is 18.6 Å². The first kappa shape index (κ1) is 17.9. The maximum atomic E-state index is 12.0. The molecule has 0 saturated heterocycles. The number of aliphatic hydroxyl groups excluding tert-OH is 1. The Bertz CT molecular complexity index is 1160. The molecule has 0 radical (unpaired) electrons. The van der Waals surface area contributed by atoms with E-state index < -0.39 is 16.1 Å². The Morgan fingerprint density at radius 3 is 2.21 bits per heavy atom. The van der Waals surface area contributed by atoms with Crippen LogP contribution >= 0.6 is 0 Å². The van der Waals surface area contributed by atoms with Crippen LogP contribution in [0, 0.1) is 0 Å². The third kappa shape index (κ3) is 3.52. The minimum absolute atomic E-state index is 0.0679. The summed E-state index contributed by atoms with van der Waals surface area (Å²) in [7, 11) is -3.94. The first-order valence-electron chi connectivity index (χ1n) is 8.61. The van der Waals surface area contributed by atoms with E-state index in [4.69, 9.17) is 0 Å². The molecule has 0 amide bonds. The van der Waals surface area contributed by atoms with Gasteiger partial charge in [0.2, 0.25) is 5.88 Å². The lowest BCUT2D eigenvalue weighted by Crippen LogP contribution is -2.29. The summed E-state index contributed by atoms with van der Waals surface area (Å²) in [4.78, 5) is 0. The zero-order chi connectivity index (χ0) is 19.7. The van der Waals surface area contributed by atoms with Crippen LogP contribution in [0.3, 0.4) is 0 Å². The van der Waals surface area contributed by atoms with Crippen molar-refractivity contribution in [1.29, 1.82) is 0 Å². The van der Waals surface area contributed by atoms with Gasteiger partial charge in [-0.15, -0.1) is 0 Å². The van der Waals surface area contributed by atoms with Gasteiger partial charge in [-0.05, 0) is 40.8 Å². The van der Waals surface area contributed by atoms with Crippen LogP contribution in [0.25, 0.3) is 11.1 Å². The monoisotopic (exact) mass is 394 g/mol. The lowest BCUT2D eigenvalue weighted by atomic mass is 9.99. The van der Waals surface area contributed by atoms with Crippen molar-refractivity contribution in [1.82, 2.24) is 4.72 Å². The van der Waals surface area contributed by atoms with E-state index in [1.54, 1.807) is 6.07 Å². The Morgan fingerprint density at radius 2 is 1.54 bits per heavy atom. The fourth-order valence-corrected chi connectivity index (χ4v) is 4.25. The highest BCUT2D eigenvalue weighted by atomic mass is 32.2. The summed E-state index contributed by atoms with van der Waals surface area (Å²) in [6.45, 7) is 0. The minimum Gasteiger partial charge on any atom is -0.506 e. The van der Waals surface area contributed by atoms with E-state index in [9.17, 15) is 18.6 Å². The summed E-state index contributed by atoms with van der Waals surface area (Å²) in [6.07, 6.45) is 1.59. The number of hydrogen-bond acceptors (Lipinski definition) is 4. The number of phenols is 1. The number of rotatable bonds is 4. The number of aromatic hydroxyl groups is 1. The smallest absolute Gasteiger partial charge is 0.330 e. The van der Waals surface area contributed by atoms with Crippen LogP contribution in [-0.2, 0) is 16.6 Å². The summed E-state index contributed by atoms with van der Waals surface area (Å²) in [6, 6.07) is 23.0. The molecule has 3 aromatic carbocycles. The Morgan fingerprint density at radius 1 is 0.821 bits per heavy atom. The molecular formula is C21H18N2O4S. The number of nitrogens with one attached hydrogen (secondary N) is 1. The Hall–Kier alpha value is -3.45. The van der Waals surface area contributed by atoms with Crippen LogP contribution in [-0.4, -0.2) is 18.6 Å². The van der Waals surface area contributed by atoms with E-state index in [0.29, 0.717) is 6.42 Å². The van der Waals surface area contributed by atoms with Crippen LogP contribution in [0.2, 0.25) is 0 Å². The van der Waals surface area contributed by atoms with Crippen molar-refractivity contribution in [2.24, 2.45) is 0 Å². The van der Waals surface area contributed by atoms with Gasteiger partial charge in [0.25, 0.3) is 0 Å². The quantitative estimate of drug-likeness (QED) is 0.630. The Labute approximate surface area is 163 Å². The first-order chi connectivity index (χ1) is 13.4. The molecule has 6 nitrogen and oxygen atoms in total. The predicted molar refractivity (Wildman–Crippen MR) is 108 cm³/mol. The van der Waals surface area contributed by atoms with E-state index in [1.807, 2.05) is 53.3 Å². The summed E-state index contributed by atoms with van der Waals surface area (Å²) in [5, 5.41) is 19.7. The standard InChI is InChI=1S/C21H18N2O4S/c24-20-13-16(9-10-19(20)23-14-21(25)22-28(23,26)27)11-15-5-4-8-18(12-15)17-6-2-1-3-7-17/h1-10,12-14,22,24-25H,11H2. The molecule has 0 fully saturated rings. The molecule has 7 heteroatoms. The van der Waals surface area contributed by atoms with Crippen molar-refractivity contribution in [2.45, 2.75) is 6.42 Å². The molecular weight excluding hydrogens is 376 g/mol. The molecule has 1 aliphatic rings. The number of hydrogen-bond donors (Lipinski definition) is 3. The Balaban J connectivity index is 1.60. The summed E-state index contributed by atoms with van der Waals surface area (Å²) in [5.74, 6) is -0.686. The van der Waals surface area contributed by atoms with Gasteiger partial charge >= 0.3 is 10.2 Å². The molecule has 0 atom stereocenters. The number of anilines is 1.